The van der Waals surface area contributed by atoms with Crippen LogP contribution in [0, 0.1) is 4.77 Å². The Hall–Kier alpha value is -2.16. The second-order valence-corrected chi connectivity index (χ2v) is 5.28. The first-order valence-corrected chi connectivity index (χ1v) is 7.35. The van der Waals surface area contributed by atoms with Crippen LogP contribution in [0.1, 0.15) is 0 Å². The monoisotopic (exact) mass is 337 g/mol. The van der Waals surface area contributed by atoms with Gasteiger partial charge in [0, 0.05) is 24.2 Å². The molecule has 1 aromatic heterocycles. The van der Waals surface area contributed by atoms with Crippen LogP contribution in [0.15, 0.2) is 29.1 Å². The van der Waals surface area contributed by atoms with Crippen molar-refractivity contribution in [1.82, 2.24) is 9.55 Å². The number of aromatic amines is 1. The summed E-state index contributed by atoms with van der Waals surface area (Å²) in [5, 5.41) is 9.85. The predicted octanol–water partition coefficient (Wildman–Crippen LogP) is 0.910. The fourth-order valence-corrected chi connectivity index (χ4v) is 2.49. The normalized spacial score (nSPS) is 12.0. The molecule has 0 spiro atoms. The number of hydrogen-bond acceptors (Lipinski definition) is 6. The smallest absolute Gasteiger partial charge is 0.252 e. The third kappa shape index (κ3) is 3.79. The van der Waals surface area contributed by atoms with Crippen LogP contribution >= 0.6 is 12.2 Å². The molecule has 0 bridgehead atoms. The van der Waals surface area contributed by atoms with Crippen LogP contribution in [-0.2, 0) is 6.54 Å². The molecule has 2 rings (SSSR count). The molecule has 4 N–H and O–H groups in total. The summed E-state index contributed by atoms with van der Waals surface area (Å²) >= 11 is 5.21. The maximum atomic E-state index is 11.8. The van der Waals surface area contributed by atoms with E-state index in [1.165, 1.54) is 13.2 Å². The Bertz CT molecular complexity index is 800. The van der Waals surface area contributed by atoms with Gasteiger partial charge in [-0.25, -0.2) is 0 Å². The molecule has 0 aliphatic heterocycles. The quantitative estimate of drug-likeness (QED) is 0.677. The Balaban J connectivity index is 2.67. The van der Waals surface area contributed by atoms with Crippen LogP contribution in [-0.4, -0.2) is 41.5 Å². The van der Waals surface area contributed by atoms with E-state index >= 15 is 0 Å². The van der Waals surface area contributed by atoms with E-state index in [9.17, 15) is 9.90 Å². The minimum Gasteiger partial charge on any atom is -0.497 e. The zero-order valence-electron chi connectivity index (χ0n) is 12.9. The van der Waals surface area contributed by atoms with Gasteiger partial charge in [0.15, 0.2) is 4.77 Å². The molecule has 0 radical (unpaired) electrons. The third-order valence-corrected chi connectivity index (χ3v) is 3.71. The fraction of sp³-hybridized carbons (Fsp3) is 0.333. The molecule has 0 amide bonds. The molecule has 8 heteroatoms. The molecule has 124 valence electrons. The maximum Gasteiger partial charge on any atom is 0.252 e. The van der Waals surface area contributed by atoms with Gasteiger partial charge in [-0.05, 0) is 24.4 Å². The van der Waals surface area contributed by atoms with Crippen LogP contribution in [0.4, 0.5) is 0 Å². The lowest BCUT2D eigenvalue weighted by Gasteiger charge is -2.18. The highest BCUT2D eigenvalue weighted by molar-refractivity contribution is 7.71. The largest absolute Gasteiger partial charge is 0.497 e. The molecule has 0 saturated heterocycles. The number of benzene rings is 1. The minimum absolute atomic E-state index is 0.0834. The summed E-state index contributed by atoms with van der Waals surface area (Å²) in [4.78, 5) is 14.4. The van der Waals surface area contributed by atoms with Crippen molar-refractivity contribution in [1.29, 1.82) is 0 Å². The molecular formula is C15H19N3O4S. The van der Waals surface area contributed by atoms with Gasteiger partial charge in [-0.3, -0.25) is 9.78 Å². The number of ether oxygens (including phenoxy) is 2. The lowest BCUT2D eigenvalue weighted by atomic mass is 10.1. The number of rotatable bonds is 6. The number of nitrogens with zero attached hydrogens (tertiary/aromatic N) is 1. The van der Waals surface area contributed by atoms with E-state index in [0.29, 0.717) is 22.8 Å². The zero-order valence-corrected chi connectivity index (χ0v) is 13.7. The summed E-state index contributed by atoms with van der Waals surface area (Å²) in [5.74, 6) is 1.16. The average molecular weight is 337 g/mol. The van der Waals surface area contributed by atoms with Crippen LogP contribution < -0.4 is 20.8 Å². The second-order valence-electron chi connectivity index (χ2n) is 4.89. The molecule has 0 fully saturated rings. The van der Waals surface area contributed by atoms with E-state index in [-0.39, 0.29) is 23.4 Å². The molecule has 0 unspecified atom stereocenters. The SMILES string of the molecule is COc1ccc(-c2cc(=O)[nH]c(=S)n2C[C@@H](O)CN)c(OC)c1. The Labute approximate surface area is 138 Å². The first-order valence-electron chi connectivity index (χ1n) is 6.94. The van der Waals surface area contributed by atoms with Gasteiger partial charge in [-0.2, -0.15) is 0 Å². The Morgan fingerprint density at radius 3 is 2.70 bits per heavy atom. The molecule has 2 aromatic rings. The summed E-state index contributed by atoms with van der Waals surface area (Å²) in [6, 6.07) is 6.64. The van der Waals surface area contributed by atoms with Gasteiger partial charge >= 0.3 is 0 Å². The number of aliphatic hydroxyl groups is 1. The third-order valence-electron chi connectivity index (χ3n) is 3.38. The Morgan fingerprint density at radius 2 is 2.09 bits per heavy atom. The van der Waals surface area contributed by atoms with Gasteiger partial charge in [0.05, 0.1) is 32.6 Å². The molecule has 1 atom stereocenters. The summed E-state index contributed by atoms with van der Waals surface area (Å²) in [5.41, 5.74) is 6.33. The van der Waals surface area contributed by atoms with E-state index in [2.05, 4.69) is 4.98 Å². The highest BCUT2D eigenvalue weighted by atomic mass is 32.1. The van der Waals surface area contributed by atoms with Gasteiger partial charge < -0.3 is 24.9 Å². The second kappa shape index (κ2) is 7.40. The molecule has 0 saturated carbocycles. The van der Waals surface area contributed by atoms with Gasteiger partial charge in [0.25, 0.3) is 5.56 Å². The molecule has 0 aliphatic rings. The number of aliphatic hydroxyl groups excluding tert-OH is 1. The van der Waals surface area contributed by atoms with Crippen molar-refractivity contribution >= 4 is 12.2 Å². The first kappa shape index (κ1) is 17.2. The van der Waals surface area contributed by atoms with E-state index in [1.807, 2.05) is 0 Å². The van der Waals surface area contributed by atoms with Crippen LogP contribution in [0.2, 0.25) is 0 Å². The Kier molecular flexibility index (Phi) is 5.54. The molecule has 1 heterocycles. The predicted molar refractivity (Wildman–Crippen MR) is 89.5 cm³/mol. The van der Waals surface area contributed by atoms with E-state index < -0.39 is 6.10 Å². The minimum atomic E-state index is -0.782. The number of methoxy groups -OCH3 is 2. The Morgan fingerprint density at radius 1 is 1.35 bits per heavy atom. The molecule has 1 aromatic carbocycles. The van der Waals surface area contributed by atoms with Crippen molar-refractivity contribution < 1.29 is 14.6 Å². The zero-order chi connectivity index (χ0) is 17.0. The molecular weight excluding hydrogens is 318 g/mol. The average Bonchev–Trinajstić information content (AvgIpc) is 2.56. The van der Waals surface area contributed by atoms with E-state index in [1.54, 1.807) is 29.9 Å². The van der Waals surface area contributed by atoms with Gasteiger partial charge in [0.2, 0.25) is 0 Å². The van der Waals surface area contributed by atoms with Crippen molar-refractivity contribution in [3.8, 4) is 22.8 Å². The fourth-order valence-electron chi connectivity index (χ4n) is 2.22. The lowest BCUT2D eigenvalue weighted by molar-refractivity contribution is 0.161. The topological polar surface area (TPSA) is 102 Å². The van der Waals surface area contributed by atoms with Crippen LogP contribution in [0.25, 0.3) is 11.3 Å². The van der Waals surface area contributed by atoms with Crippen molar-refractivity contribution in [3.63, 3.8) is 0 Å². The maximum absolute atomic E-state index is 11.8. The van der Waals surface area contributed by atoms with Crippen molar-refractivity contribution in [3.05, 3.63) is 39.4 Å². The number of aromatic nitrogens is 2. The van der Waals surface area contributed by atoms with E-state index in [4.69, 9.17) is 27.4 Å². The summed E-state index contributed by atoms with van der Waals surface area (Å²) in [7, 11) is 3.08. The van der Waals surface area contributed by atoms with Crippen LogP contribution in [0.3, 0.4) is 0 Å². The number of H-pyrrole nitrogens is 1. The van der Waals surface area contributed by atoms with Gasteiger partial charge in [0.1, 0.15) is 11.5 Å². The van der Waals surface area contributed by atoms with Crippen LogP contribution in [0.5, 0.6) is 11.5 Å². The first-order chi connectivity index (χ1) is 11.0. The van der Waals surface area contributed by atoms with E-state index in [0.717, 1.165) is 0 Å². The highest BCUT2D eigenvalue weighted by Gasteiger charge is 2.15. The summed E-state index contributed by atoms with van der Waals surface area (Å²) < 4.78 is 12.4. The molecule has 0 aliphatic carbocycles. The number of nitrogens with one attached hydrogen (secondary N) is 1. The van der Waals surface area contributed by atoms with Gasteiger partial charge in [-0.1, -0.05) is 0 Å². The summed E-state index contributed by atoms with van der Waals surface area (Å²) in [6.45, 7) is 0.247. The number of nitrogens with two attached hydrogens (primary N) is 1. The number of hydrogen-bond donors (Lipinski definition) is 3. The lowest BCUT2D eigenvalue weighted by Crippen LogP contribution is -2.27. The molecule has 7 nitrogen and oxygen atoms in total. The van der Waals surface area contributed by atoms with Crippen molar-refractivity contribution in [2.75, 3.05) is 20.8 Å². The standard InChI is InChI=1S/C15H19N3O4S/c1-21-10-3-4-11(13(5-10)22-2)12-6-14(20)17-15(23)18(12)8-9(19)7-16/h3-6,9,19H,7-8,16H2,1-2H3,(H,17,20,23)/t9-/m0/s1. The van der Waals surface area contributed by atoms with Gasteiger partial charge in [-0.15, -0.1) is 0 Å². The van der Waals surface area contributed by atoms with Crippen molar-refractivity contribution in [2.24, 2.45) is 5.73 Å². The summed E-state index contributed by atoms with van der Waals surface area (Å²) in [6.07, 6.45) is -0.782. The molecule has 23 heavy (non-hydrogen) atoms. The van der Waals surface area contributed by atoms with Crippen molar-refractivity contribution in [2.45, 2.75) is 12.6 Å². The highest BCUT2D eigenvalue weighted by Crippen LogP contribution is 2.32.